The quantitative estimate of drug-likeness (QED) is 0.407. The van der Waals surface area contributed by atoms with Gasteiger partial charge in [0.15, 0.2) is 11.5 Å². The predicted octanol–water partition coefficient (Wildman–Crippen LogP) is 4.61. The SMILES string of the molecule is CCCCCCCCCc1ccc(O)c(OC(C)=O)c1. The summed E-state index contributed by atoms with van der Waals surface area (Å²) in [5.41, 5.74) is 1.10. The molecule has 0 aromatic heterocycles. The van der Waals surface area contributed by atoms with Gasteiger partial charge in [-0.3, -0.25) is 4.79 Å². The largest absolute Gasteiger partial charge is 0.504 e. The average Bonchev–Trinajstić information content (AvgIpc) is 2.40. The molecule has 0 heterocycles. The van der Waals surface area contributed by atoms with Crippen LogP contribution in [0.2, 0.25) is 0 Å². The lowest BCUT2D eigenvalue weighted by atomic mass is 10.0. The van der Waals surface area contributed by atoms with Gasteiger partial charge >= 0.3 is 5.97 Å². The Morgan fingerprint density at radius 3 is 2.40 bits per heavy atom. The smallest absolute Gasteiger partial charge is 0.308 e. The third kappa shape index (κ3) is 6.60. The number of carbonyl (C=O) groups excluding carboxylic acids is 1. The zero-order chi connectivity index (χ0) is 14.8. The van der Waals surface area contributed by atoms with E-state index in [-0.39, 0.29) is 11.5 Å². The molecule has 0 fully saturated rings. The van der Waals surface area contributed by atoms with Crippen molar-refractivity contribution in [3.63, 3.8) is 0 Å². The predicted molar refractivity (Wildman–Crippen MR) is 81.1 cm³/mol. The summed E-state index contributed by atoms with van der Waals surface area (Å²) in [4.78, 5) is 10.9. The van der Waals surface area contributed by atoms with Crippen LogP contribution in [0.25, 0.3) is 0 Å². The van der Waals surface area contributed by atoms with Crippen LogP contribution in [0.15, 0.2) is 18.2 Å². The van der Waals surface area contributed by atoms with E-state index in [9.17, 15) is 9.90 Å². The summed E-state index contributed by atoms with van der Waals surface area (Å²) in [6, 6.07) is 5.24. The zero-order valence-corrected chi connectivity index (χ0v) is 12.7. The minimum absolute atomic E-state index is 0.0171. The molecule has 0 saturated carbocycles. The Labute approximate surface area is 122 Å². The Morgan fingerprint density at radius 2 is 1.75 bits per heavy atom. The molecule has 1 rings (SSSR count). The van der Waals surface area contributed by atoms with Crippen molar-refractivity contribution in [3.8, 4) is 11.5 Å². The fraction of sp³-hybridized carbons (Fsp3) is 0.588. The number of ether oxygens (including phenoxy) is 1. The van der Waals surface area contributed by atoms with E-state index in [0.29, 0.717) is 0 Å². The third-order valence-electron chi connectivity index (χ3n) is 3.35. The second-order valence-corrected chi connectivity index (χ2v) is 5.27. The molecule has 112 valence electrons. The Morgan fingerprint density at radius 1 is 1.10 bits per heavy atom. The van der Waals surface area contributed by atoms with Crippen molar-refractivity contribution >= 4 is 5.97 Å². The highest BCUT2D eigenvalue weighted by atomic mass is 16.5. The molecule has 0 radical (unpaired) electrons. The molecule has 0 aliphatic carbocycles. The fourth-order valence-corrected chi connectivity index (χ4v) is 2.24. The molecule has 1 N–H and O–H groups in total. The molecule has 3 nitrogen and oxygen atoms in total. The van der Waals surface area contributed by atoms with E-state index in [1.165, 1.54) is 45.4 Å². The third-order valence-corrected chi connectivity index (χ3v) is 3.35. The number of aryl methyl sites for hydroxylation is 1. The second-order valence-electron chi connectivity index (χ2n) is 5.27. The van der Waals surface area contributed by atoms with E-state index in [4.69, 9.17) is 4.74 Å². The highest BCUT2D eigenvalue weighted by Gasteiger charge is 2.06. The van der Waals surface area contributed by atoms with Gasteiger partial charge in [0.1, 0.15) is 0 Å². The first-order valence-electron chi connectivity index (χ1n) is 7.63. The number of esters is 1. The molecule has 0 unspecified atom stereocenters. The number of aromatic hydroxyl groups is 1. The molecule has 3 heteroatoms. The van der Waals surface area contributed by atoms with Crippen LogP contribution < -0.4 is 4.74 Å². The molecule has 0 atom stereocenters. The average molecular weight is 278 g/mol. The fourth-order valence-electron chi connectivity index (χ4n) is 2.24. The molecule has 1 aromatic carbocycles. The Kier molecular flexibility index (Phi) is 7.78. The molecule has 0 aliphatic rings. The minimum atomic E-state index is -0.409. The molecule has 0 spiro atoms. The Balaban J connectivity index is 2.31. The summed E-state index contributed by atoms with van der Waals surface area (Å²) < 4.78 is 4.97. The maximum atomic E-state index is 10.9. The zero-order valence-electron chi connectivity index (χ0n) is 12.7. The number of phenolic OH excluding ortho intramolecular Hbond substituents is 1. The Hall–Kier alpha value is -1.51. The standard InChI is InChI=1S/C17H26O3/c1-3-4-5-6-7-8-9-10-15-11-12-16(19)17(13-15)20-14(2)18/h11-13,19H,3-10H2,1-2H3. The van der Waals surface area contributed by atoms with Crippen LogP contribution in [0, 0.1) is 0 Å². The molecule has 0 aliphatic heterocycles. The van der Waals surface area contributed by atoms with E-state index in [1.54, 1.807) is 12.1 Å². The van der Waals surface area contributed by atoms with Crippen LogP contribution in [0.5, 0.6) is 11.5 Å². The summed E-state index contributed by atoms with van der Waals surface area (Å²) >= 11 is 0. The lowest BCUT2D eigenvalue weighted by molar-refractivity contribution is -0.132. The molecule has 0 bridgehead atoms. The molecule has 0 amide bonds. The summed E-state index contributed by atoms with van der Waals surface area (Å²) in [5, 5.41) is 9.60. The van der Waals surface area contributed by atoms with Crippen LogP contribution in [-0.2, 0) is 11.2 Å². The highest BCUT2D eigenvalue weighted by Crippen LogP contribution is 2.27. The monoisotopic (exact) mass is 278 g/mol. The summed E-state index contributed by atoms with van der Waals surface area (Å²) in [5.74, 6) is -0.130. The summed E-state index contributed by atoms with van der Waals surface area (Å²) in [7, 11) is 0. The normalized spacial score (nSPS) is 10.5. The first-order valence-corrected chi connectivity index (χ1v) is 7.63. The number of rotatable bonds is 9. The number of benzene rings is 1. The lowest BCUT2D eigenvalue weighted by Crippen LogP contribution is -2.02. The van der Waals surface area contributed by atoms with E-state index in [2.05, 4.69) is 6.92 Å². The number of phenols is 1. The van der Waals surface area contributed by atoms with Crippen molar-refractivity contribution < 1.29 is 14.6 Å². The van der Waals surface area contributed by atoms with Crippen LogP contribution in [0.3, 0.4) is 0 Å². The van der Waals surface area contributed by atoms with Crippen LogP contribution in [0.1, 0.15) is 64.4 Å². The number of carbonyl (C=O) groups is 1. The molecule has 1 aromatic rings. The molecular formula is C17H26O3. The van der Waals surface area contributed by atoms with Gasteiger partial charge in [-0.2, -0.15) is 0 Å². The van der Waals surface area contributed by atoms with Crippen molar-refractivity contribution in [2.24, 2.45) is 0 Å². The van der Waals surface area contributed by atoms with Gasteiger partial charge in [0.05, 0.1) is 0 Å². The Bertz CT molecular complexity index is 413. The van der Waals surface area contributed by atoms with Crippen molar-refractivity contribution in [2.75, 3.05) is 0 Å². The summed E-state index contributed by atoms with van der Waals surface area (Å²) in [6.07, 6.45) is 9.89. The topological polar surface area (TPSA) is 46.5 Å². The lowest BCUT2D eigenvalue weighted by Gasteiger charge is -2.07. The van der Waals surface area contributed by atoms with Gasteiger partial charge in [-0.05, 0) is 30.5 Å². The van der Waals surface area contributed by atoms with Crippen LogP contribution in [0.4, 0.5) is 0 Å². The van der Waals surface area contributed by atoms with E-state index in [0.717, 1.165) is 18.4 Å². The van der Waals surface area contributed by atoms with Crippen molar-refractivity contribution in [1.29, 1.82) is 0 Å². The number of unbranched alkanes of at least 4 members (excludes halogenated alkanes) is 6. The number of hydrogen-bond donors (Lipinski definition) is 1. The molecule has 20 heavy (non-hydrogen) atoms. The van der Waals surface area contributed by atoms with Gasteiger partial charge < -0.3 is 9.84 Å². The van der Waals surface area contributed by atoms with Gasteiger partial charge in [-0.1, -0.05) is 51.5 Å². The van der Waals surface area contributed by atoms with Gasteiger partial charge in [-0.15, -0.1) is 0 Å². The van der Waals surface area contributed by atoms with E-state index >= 15 is 0 Å². The molecule has 0 saturated heterocycles. The van der Waals surface area contributed by atoms with Gasteiger partial charge in [0.25, 0.3) is 0 Å². The molecular weight excluding hydrogens is 252 g/mol. The van der Waals surface area contributed by atoms with Gasteiger partial charge in [0.2, 0.25) is 0 Å². The summed E-state index contributed by atoms with van der Waals surface area (Å²) in [6.45, 7) is 3.56. The maximum Gasteiger partial charge on any atom is 0.308 e. The van der Waals surface area contributed by atoms with Gasteiger partial charge in [-0.25, -0.2) is 0 Å². The number of hydrogen-bond acceptors (Lipinski definition) is 3. The first kappa shape index (κ1) is 16.5. The highest BCUT2D eigenvalue weighted by molar-refractivity contribution is 5.70. The van der Waals surface area contributed by atoms with Gasteiger partial charge in [0, 0.05) is 6.92 Å². The first-order chi connectivity index (χ1) is 9.63. The van der Waals surface area contributed by atoms with Crippen LogP contribution >= 0.6 is 0 Å². The van der Waals surface area contributed by atoms with E-state index in [1.807, 2.05) is 6.07 Å². The van der Waals surface area contributed by atoms with Crippen molar-refractivity contribution in [1.82, 2.24) is 0 Å². The minimum Gasteiger partial charge on any atom is -0.504 e. The van der Waals surface area contributed by atoms with Crippen molar-refractivity contribution in [2.45, 2.75) is 65.2 Å². The van der Waals surface area contributed by atoms with Crippen LogP contribution in [-0.4, -0.2) is 11.1 Å². The second kappa shape index (κ2) is 9.40. The maximum absolute atomic E-state index is 10.9. The van der Waals surface area contributed by atoms with Crippen molar-refractivity contribution in [3.05, 3.63) is 23.8 Å². The van der Waals surface area contributed by atoms with E-state index < -0.39 is 5.97 Å².